The Morgan fingerprint density at radius 3 is 2.44 bits per heavy atom. The molecule has 2 aromatic carbocycles. The van der Waals surface area contributed by atoms with E-state index in [1.807, 2.05) is 52.3 Å². The van der Waals surface area contributed by atoms with Gasteiger partial charge in [-0.3, -0.25) is 4.79 Å². The second-order valence-corrected chi connectivity index (χ2v) is 9.76. The molecule has 0 unspecified atom stereocenters. The fourth-order valence-electron chi connectivity index (χ4n) is 4.76. The molecular weight excluding hydrogens is 420 g/mol. The number of hydrogen-bond donors (Lipinski definition) is 1. The molecule has 0 radical (unpaired) electrons. The van der Waals surface area contributed by atoms with Gasteiger partial charge >= 0.3 is 6.03 Å². The number of nitrogens with zero attached hydrogens (tertiary/aromatic N) is 3. The van der Waals surface area contributed by atoms with E-state index in [2.05, 4.69) is 17.4 Å². The van der Waals surface area contributed by atoms with Gasteiger partial charge in [-0.2, -0.15) is 0 Å². The van der Waals surface area contributed by atoms with Gasteiger partial charge in [-0.1, -0.05) is 30.3 Å². The van der Waals surface area contributed by atoms with E-state index >= 15 is 0 Å². The Morgan fingerprint density at radius 1 is 0.906 bits per heavy atom. The van der Waals surface area contributed by atoms with Crippen molar-refractivity contribution in [3.05, 3.63) is 59.6 Å². The molecule has 0 aliphatic carbocycles. The lowest BCUT2D eigenvalue weighted by Crippen LogP contribution is -2.47. The number of carbonyl (C=O) groups excluding carboxylic acids is 2. The van der Waals surface area contributed by atoms with Crippen molar-refractivity contribution in [2.24, 2.45) is 5.92 Å². The molecule has 1 aromatic heterocycles. The number of benzene rings is 2. The fraction of sp³-hybridized carbons (Fsp3) is 0.400. The molecule has 2 fully saturated rings. The summed E-state index contributed by atoms with van der Waals surface area (Å²) >= 11 is 1.76. The molecule has 2 aliphatic rings. The third kappa shape index (κ3) is 4.48. The van der Waals surface area contributed by atoms with Gasteiger partial charge in [0.1, 0.15) is 0 Å². The van der Waals surface area contributed by atoms with Crippen LogP contribution in [0.5, 0.6) is 0 Å². The zero-order valence-corrected chi connectivity index (χ0v) is 18.9. The predicted octanol–water partition coefficient (Wildman–Crippen LogP) is 4.95. The molecule has 3 aromatic rings. The summed E-state index contributed by atoms with van der Waals surface area (Å²) in [5, 5.41) is 4.09. The summed E-state index contributed by atoms with van der Waals surface area (Å²) in [4.78, 5) is 34.5. The highest BCUT2D eigenvalue weighted by molar-refractivity contribution is 7.18. The number of hydrogen-bond acceptors (Lipinski definition) is 4. The van der Waals surface area contributed by atoms with Gasteiger partial charge < -0.3 is 15.1 Å². The van der Waals surface area contributed by atoms with Crippen molar-refractivity contribution >= 4 is 39.2 Å². The Morgan fingerprint density at radius 2 is 1.66 bits per heavy atom. The number of anilines is 1. The van der Waals surface area contributed by atoms with Crippen LogP contribution in [0.4, 0.5) is 10.5 Å². The molecular formula is C25H28N4O2S. The number of fused-ring (bicyclic) bond motifs is 1. The number of piperidine rings is 2. The summed E-state index contributed by atoms with van der Waals surface area (Å²) in [5.41, 5.74) is 1.85. The molecule has 166 valence electrons. The third-order valence-corrected chi connectivity index (χ3v) is 7.75. The van der Waals surface area contributed by atoms with Crippen molar-refractivity contribution in [2.75, 3.05) is 31.5 Å². The van der Waals surface area contributed by atoms with Crippen LogP contribution in [-0.4, -0.2) is 52.9 Å². The molecule has 3 amide bonds. The molecule has 5 rings (SSSR count). The maximum Gasteiger partial charge on any atom is 0.321 e. The molecule has 1 atom stereocenters. The summed E-state index contributed by atoms with van der Waals surface area (Å²) in [6.07, 6.45) is 3.55. The van der Waals surface area contributed by atoms with E-state index in [9.17, 15) is 9.59 Å². The van der Waals surface area contributed by atoms with Crippen molar-refractivity contribution in [1.29, 1.82) is 0 Å². The Kier molecular flexibility index (Phi) is 6.08. The van der Waals surface area contributed by atoms with Crippen LogP contribution in [0.3, 0.4) is 0 Å². The molecule has 7 heteroatoms. The van der Waals surface area contributed by atoms with Crippen LogP contribution < -0.4 is 5.32 Å². The monoisotopic (exact) mass is 448 g/mol. The van der Waals surface area contributed by atoms with Crippen LogP contribution in [0, 0.1) is 5.92 Å². The molecule has 1 N–H and O–H groups in total. The first kappa shape index (κ1) is 20.9. The topological polar surface area (TPSA) is 65.5 Å². The average Bonchev–Trinajstić information content (AvgIpc) is 3.29. The molecule has 2 aliphatic heterocycles. The number of thiazole rings is 1. The molecule has 0 saturated carbocycles. The molecule has 32 heavy (non-hydrogen) atoms. The summed E-state index contributed by atoms with van der Waals surface area (Å²) in [6, 6.07) is 17.7. The van der Waals surface area contributed by atoms with Crippen molar-refractivity contribution in [3.63, 3.8) is 0 Å². The standard InChI is InChI=1S/C25H28N4O2S/c30-24(18-12-15-28(16-13-18)25(31)26-20-8-2-1-3-9-20)29-14-6-7-19(17-29)23-27-21-10-4-5-11-22(21)32-23/h1-5,8-11,18-19H,6-7,12-17H2,(H,26,31)/t19-/m1/s1. The number of aromatic nitrogens is 1. The van der Waals surface area contributed by atoms with Crippen molar-refractivity contribution < 1.29 is 9.59 Å². The van der Waals surface area contributed by atoms with Crippen LogP contribution in [0.25, 0.3) is 10.2 Å². The first-order valence-corrected chi connectivity index (χ1v) is 12.2. The minimum atomic E-state index is -0.0871. The van der Waals surface area contributed by atoms with Crippen molar-refractivity contribution in [3.8, 4) is 0 Å². The number of nitrogens with one attached hydrogen (secondary N) is 1. The number of carbonyl (C=O) groups is 2. The number of urea groups is 1. The van der Waals surface area contributed by atoms with Crippen LogP contribution in [-0.2, 0) is 4.79 Å². The van der Waals surface area contributed by atoms with E-state index in [0.717, 1.165) is 55.0 Å². The zero-order valence-electron chi connectivity index (χ0n) is 18.1. The number of rotatable bonds is 3. The first-order chi connectivity index (χ1) is 15.7. The maximum absolute atomic E-state index is 13.3. The Balaban J connectivity index is 1.16. The minimum Gasteiger partial charge on any atom is -0.342 e. The largest absolute Gasteiger partial charge is 0.342 e. The Hall–Kier alpha value is -2.93. The van der Waals surface area contributed by atoms with Gasteiger partial charge in [0.2, 0.25) is 5.91 Å². The number of para-hydroxylation sites is 2. The van der Waals surface area contributed by atoms with Gasteiger partial charge in [-0.25, -0.2) is 9.78 Å². The summed E-state index contributed by atoms with van der Waals surface area (Å²) in [5.74, 6) is 0.575. The van der Waals surface area contributed by atoms with Gasteiger partial charge in [0, 0.05) is 43.7 Å². The van der Waals surface area contributed by atoms with Crippen molar-refractivity contribution in [1.82, 2.24) is 14.8 Å². The quantitative estimate of drug-likeness (QED) is 0.617. The fourth-order valence-corrected chi connectivity index (χ4v) is 5.85. The smallest absolute Gasteiger partial charge is 0.321 e. The van der Waals surface area contributed by atoms with E-state index in [1.54, 1.807) is 11.3 Å². The first-order valence-electron chi connectivity index (χ1n) is 11.4. The SMILES string of the molecule is O=C(Nc1ccccc1)N1CCC(C(=O)N2CCC[C@@H](c3nc4ccccc4s3)C2)CC1. The molecule has 0 bridgehead atoms. The number of amides is 3. The van der Waals surface area contributed by atoms with Crippen molar-refractivity contribution in [2.45, 2.75) is 31.6 Å². The highest BCUT2D eigenvalue weighted by Crippen LogP contribution is 2.34. The van der Waals surface area contributed by atoms with Crippen LogP contribution in [0.15, 0.2) is 54.6 Å². The maximum atomic E-state index is 13.3. The lowest BCUT2D eigenvalue weighted by atomic mass is 9.92. The summed E-state index contributed by atoms with van der Waals surface area (Å²) in [7, 11) is 0. The molecule has 3 heterocycles. The van der Waals surface area contributed by atoms with Gasteiger partial charge in [0.05, 0.1) is 15.2 Å². The molecule has 6 nitrogen and oxygen atoms in total. The average molecular weight is 449 g/mol. The van der Waals surface area contributed by atoms with E-state index in [-0.39, 0.29) is 17.9 Å². The van der Waals surface area contributed by atoms with E-state index in [1.165, 1.54) is 4.70 Å². The predicted molar refractivity (Wildman–Crippen MR) is 128 cm³/mol. The Bertz CT molecular complexity index is 1060. The van der Waals surface area contributed by atoms with Gasteiger partial charge in [-0.15, -0.1) is 11.3 Å². The zero-order chi connectivity index (χ0) is 21.9. The highest BCUT2D eigenvalue weighted by atomic mass is 32.1. The second-order valence-electron chi connectivity index (χ2n) is 8.70. The van der Waals surface area contributed by atoms with Gasteiger partial charge in [0.15, 0.2) is 0 Å². The second kappa shape index (κ2) is 9.28. The number of likely N-dealkylation sites (tertiary alicyclic amines) is 2. The van der Waals surface area contributed by atoms with E-state index in [0.29, 0.717) is 19.0 Å². The van der Waals surface area contributed by atoms with E-state index < -0.39 is 0 Å². The minimum absolute atomic E-state index is 0.00453. The third-order valence-electron chi connectivity index (χ3n) is 6.55. The van der Waals surface area contributed by atoms with Crippen LogP contribution >= 0.6 is 11.3 Å². The van der Waals surface area contributed by atoms with Crippen LogP contribution in [0.1, 0.15) is 36.6 Å². The lowest BCUT2D eigenvalue weighted by molar-refractivity contribution is -0.138. The molecule has 0 spiro atoms. The summed E-state index contributed by atoms with van der Waals surface area (Å²) < 4.78 is 1.21. The lowest BCUT2D eigenvalue weighted by Gasteiger charge is -2.37. The summed E-state index contributed by atoms with van der Waals surface area (Å²) in [6.45, 7) is 2.82. The highest BCUT2D eigenvalue weighted by Gasteiger charge is 2.33. The van der Waals surface area contributed by atoms with Gasteiger partial charge in [0.25, 0.3) is 0 Å². The van der Waals surface area contributed by atoms with Crippen LogP contribution in [0.2, 0.25) is 0 Å². The van der Waals surface area contributed by atoms with Gasteiger partial charge in [-0.05, 0) is 49.9 Å². The molecule has 2 saturated heterocycles. The Labute approximate surface area is 192 Å². The van der Waals surface area contributed by atoms with E-state index in [4.69, 9.17) is 4.98 Å². The normalized spacial score (nSPS) is 19.8.